The van der Waals surface area contributed by atoms with Gasteiger partial charge in [0.25, 0.3) is 5.91 Å². The molecular formula is C20H23N2O5Y-. The predicted molar refractivity (Wildman–Crippen MR) is 97.9 cm³/mol. The molecule has 7 nitrogen and oxygen atoms in total. The summed E-state index contributed by atoms with van der Waals surface area (Å²) in [6, 6.07) is 9.22. The van der Waals surface area contributed by atoms with Crippen molar-refractivity contribution in [2.24, 2.45) is 5.92 Å². The van der Waals surface area contributed by atoms with E-state index in [1.165, 1.54) is 11.9 Å². The number of furan rings is 1. The Kier molecular flexibility index (Phi) is 7.95. The largest absolute Gasteiger partial charge is 0.593 e. The fourth-order valence-electron chi connectivity index (χ4n) is 3.00. The van der Waals surface area contributed by atoms with Crippen molar-refractivity contribution in [2.75, 3.05) is 18.6 Å². The van der Waals surface area contributed by atoms with Gasteiger partial charge in [-0.2, -0.15) is 6.07 Å². The third-order valence-corrected chi connectivity index (χ3v) is 4.61. The first-order valence-electron chi connectivity index (χ1n) is 8.81. The van der Waals surface area contributed by atoms with Crippen molar-refractivity contribution in [1.29, 1.82) is 0 Å². The van der Waals surface area contributed by atoms with Crippen LogP contribution in [0.25, 0.3) is 0 Å². The summed E-state index contributed by atoms with van der Waals surface area (Å²) in [6.07, 6.45) is 1.99. The third-order valence-electron chi connectivity index (χ3n) is 4.61. The van der Waals surface area contributed by atoms with E-state index in [1.54, 1.807) is 36.4 Å². The van der Waals surface area contributed by atoms with Gasteiger partial charge in [-0.05, 0) is 35.6 Å². The summed E-state index contributed by atoms with van der Waals surface area (Å²) in [7, 11) is 1.45. The molecule has 1 aliphatic rings. The standard InChI is InChI=1S/C20H23N2O5.Y/c1-13(2)18(23)14-6-8-15(9-7-14)22-17(19(24)21(3)20(22)25)12-26-11-16-5-4-10-27-16;/h4-9,13,17-18,23H,11-12H2,1-3H3;/q-1;. The first-order chi connectivity index (χ1) is 12.9. The summed E-state index contributed by atoms with van der Waals surface area (Å²) in [5.41, 5.74) is 1.35. The van der Waals surface area contributed by atoms with Crippen LogP contribution in [0, 0.1) is 12.2 Å². The van der Waals surface area contributed by atoms with E-state index in [1.807, 2.05) is 13.8 Å². The summed E-state index contributed by atoms with van der Waals surface area (Å²) in [6.45, 7) is 4.10. The minimum atomic E-state index is -0.748. The van der Waals surface area contributed by atoms with Crippen LogP contribution < -0.4 is 4.90 Å². The number of rotatable bonds is 7. The van der Waals surface area contributed by atoms with E-state index in [2.05, 4.69) is 6.26 Å². The van der Waals surface area contributed by atoms with Crippen LogP contribution in [0.5, 0.6) is 0 Å². The Hall–Kier alpha value is -1.54. The number of aliphatic hydroxyl groups excluding tert-OH is 1. The molecule has 8 heteroatoms. The van der Waals surface area contributed by atoms with Crippen LogP contribution in [-0.2, 0) is 48.8 Å². The molecule has 3 amide bonds. The first kappa shape index (κ1) is 22.7. The maximum atomic E-state index is 12.5. The molecule has 1 fully saturated rings. The Bertz CT molecular complexity index is 791. The number of benzene rings is 1. The minimum Gasteiger partial charge on any atom is -0.593 e. The molecule has 3 rings (SSSR count). The van der Waals surface area contributed by atoms with Crippen molar-refractivity contribution in [2.45, 2.75) is 32.6 Å². The van der Waals surface area contributed by atoms with E-state index in [4.69, 9.17) is 9.15 Å². The van der Waals surface area contributed by atoms with E-state index in [-0.39, 0.29) is 57.7 Å². The van der Waals surface area contributed by atoms with Gasteiger partial charge < -0.3 is 14.3 Å². The molecule has 0 bridgehead atoms. The van der Waals surface area contributed by atoms with Crippen molar-refractivity contribution in [3.05, 3.63) is 54.0 Å². The summed E-state index contributed by atoms with van der Waals surface area (Å²) in [4.78, 5) is 27.5. The Morgan fingerprint density at radius 2 is 1.89 bits per heavy atom. The second kappa shape index (κ2) is 9.79. The zero-order valence-electron chi connectivity index (χ0n) is 16.2. The van der Waals surface area contributed by atoms with Crippen LogP contribution in [0.1, 0.15) is 31.3 Å². The molecule has 0 spiro atoms. The molecule has 2 heterocycles. The number of ether oxygens (including phenoxy) is 1. The van der Waals surface area contributed by atoms with Crippen molar-refractivity contribution >= 4 is 17.6 Å². The van der Waals surface area contributed by atoms with Gasteiger partial charge >= 0.3 is 6.03 Å². The Morgan fingerprint density at radius 3 is 2.46 bits per heavy atom. The number of hydrogen-bond acceptors (Lipinski definition) is 5. The second-order valence-electron chi connectivity index (χ2n) is 6.88. The molecular weight excluding hydrogens is 437 g/mol. The predicted octanol–water partition coefficient (Wildman–Crippen LogP) is 2.75. The molecule has 1 aromatic heterocycles. The summed E-state index contributed by atoms with van der Waals surface area (Å²) >= 11 is 0. The number of aliphatic hydroxyl groups is 1. The van der Waals surface area contributed by atoms with Gasteiger partial charge in [-0.15, -0.1) is 6.07 Å². The number of amides is 3. The first-order valence-corrected chi connectivity index (χ1v) is 8.81. The normalized spacial score (nSPS) is 18.0. The number of carbonyl (C=O) groups is 2. The summed E-state index contributed by atoms with van der Waals surface area (Å²) in [5.74, 6) is 0.355. The quantitative estimate of drug-likeness (QED) is 0.508. The molecule has 2 aromatic rings. The number of anilines is 1. The number of imide groups is 1. The number of hydrogen-bond donors (Lipinski definition) is 1. The maximum Gasteiger partial charge on any atom is 0.331 e. The van der Waals surface area contributed by atoms with Crippen LogP contribution in [0.2, 0.25) is 0 Å². The second-order valence-corrected chi connectivity index (χ2v) is 6.88. The fourth-order valence-corrected chi connectivity index (χ4v) is 3.00. The average molecular weight is 460 g/mol. The van der Waals surface area contributed by atoms with Crippen LogP contribution in [0.4, 0.5) is 10.5 Å². The fraction of sp³-hybridized carbons (Fsp3) is 0.400. The van der Waals surface area contributed by atoms with E-state index in [9.17, 15) is 14.7 Å². The van der Waals surface area contributed by atoms with Crippen LogP contribution in [-0.4, -0.2) is 41.6 Å². The van der Waals surface area contributed by atoms with Gasteiger partial charge in [0.05, 0.1) is 12.7 Å². The summed E-state index contributed by atoms with van der Waals surface area (Å²) in [5, 5.41) is 10.2. The number of urea groups is 1. The molecule has 2 unspecified atom stereocenters. The van der Waals surface area contributed by atoms with Gasteiger partial charge in [-0.3, -0.25) is 14.6 Å². The monoisotopic (exact) mass is 460 g/mol. The van der Waals surface area contributed by atoms with Gasteiger partial charge in [0.15, 0.2) is 0 Å². The Morgan fingerprint density at radius 1 is 1.21 bits per heavy atom. The zero-order valence-corrected chi connectivity index (χ0v) is 19.0. The van der Waals surface area contributed by atoms with E-state index >= 15 is 0 Å². The van der Waals surface area contributed by atoms with E-state index in [0.717, 1.165) is 10.5 Å². The van der Waals surface area contributed by atoms with Gasteiger partial charge in [0.2, 0.25) is 0 Å². The molecule has 147 valence electrons. The molecule has 2 atom stereocenters. The van der Waals surface area contributed by atoms with Crippen molar-refractivity contribution in [3.63, 3.8) is 0 Å². The zero-order chi connectivity index (χ0) is 19.6. The molecule has 1 aliphatic heterocycles. The molecule has 0 saturated carbocycles. The van der Waals surface area contributed by atoms with Crippen LogP contribution in [0.3, 0.4) is 0 Å². The van der Waals surface area contributed by atoms with Crippen molar-refractivity contribution in [1.82, 2.24) is 4.90 Å². The molecule has 1 saturated heterocycles. The minimum absolute atomic E-state index is 0. The smallest absolute Gasteiger partial charge is 0.331 e. The van der Waals surface area contributed by atoms with E-state index in [0.29, 0.717) is 11.4 Å². The molecule has 28 heavy (non-hydrogen) atoms. The van der Waals surface area contributed by atoms with Crippen molar-refractivity contribution in [3.8, 4) is 0 Å². The number of carbonyl (C=O) groups excluding carboxylic acids is 2. The van der Waals surface area contributed by atoms with Gasteiger partial charge in [0.1, 0.15) is 6.04 Å². The summed E-state index contributed by atoms with van der Waals surface area (Å²) < 4.78 is 10.7. The van der Waals surface area contributed by atoms with Gasteiger partial charge in [0, 0.05) is 52.1 Å². The van der Waals surface area contributed by atoms with Crippen LogP contribution >= 0.6 is 0 Å². The Labute approximate surface area is 189 Å². The molecule has 1 N–H and O–H groups in total. The molecule has 1 aromatic carbocycles. The average Bonchev–Trinajstić information content (AvgIpc) is 3.25. The van der Waals surface area contributed by atoms with Crippen molar-refractivity contribution < 1.29 is 56.6 Å². The number of nitrogens with zero attached hydrogens (tertiary/aromatic N) is 2. The maximum absolute atomic E-state index is 12.5. The third kappa shape index (κ3) is 4.71. The van der Waals surface area contributed by atoms with Crippen LogP contribution in [0.15, 0.2) is 40.8 Å². The van der Waals surface area contributed by atoms with Gasteiger partial charge in [-0.1, -0.05) is 26.0 Å². The topological polar surface area (TPSA) is 83.2 Å². The van der Waals surface area contributed by atoms with Gasteiger partial charge in [-0.25, -0.2) is 4.79 Å². The molecule has 1 radical (unpaired) electrons. The van der Waals surface area contributed by atoms with E-state index < -0.39 is 18.2 Å². The Balaban J connectivity index is 0.00000280. The number of likely N-dealkylation sites (N-methyl/N-ethyl adjacent to an activating group) is 1. The molecule has 0 aliphatic carbocycles. The SMILES string of the molecule is CC(C)C(O)c1ccc(N2C(=O)N(C)C(=O)C2COCc2cc[c-]o2)cc1.[Y].